The number of nitrogens with zero attached hydrogens (tertiary/aromatic N) is 1. The lowest BCUT2D eigenvalue weighted by molar-refractivity contribution is 0.0273. The largest absolute Gasteiger partial charge is 0.387 e. The van der Waals surface area contributed by atoms with Crippen molar-refractivity contribution in [3.63, 3.8) is 0 Å². The van der Waals surface area contributed by atoms with E-state index in [1.54, 1.807) is 0 Å². The first kappa shape index (κ1) is 13.2. The number of anilines is 1. The van der Waals surface area contributed by atoms with Gasteiger partial charge in [-0.3, -0.25) is 0 Å². The molecule has 0 unspecified atom stereocenters. The van der Waals surface area contributed by atoms with Gasteiger partial charge in [0, 0.05) is 12.2 Å². The summed E-state index contributed by atoms with van der Waals surface area (Å²) in [5, 5.41) is 11.0. The molecule has 1 saturated heterocycles. The lowest BCUT2D eigenvalue weighted by atomic mass is 9.87. The summed E-state index contributed by atoms with van der Waals surface area (Å²) >= 11 is 0. The first-order valence-electron chi connectivity index (χ1n) is 7.33. The van der Waals surface area contributed by atoms with Crippen LogP contribution in [0.1, 0.15) is 31.4 Å². The Morgan fingerprint density at radius 3 is 2.25 bits per heavy atom. The van der Waals surface area contributed by atoms with E-state index < -0.39 is 5.60 Å². The third-order valence-electron chi connectivity index (χ3n) is 4.42. The topological polar surface area (TPSA) is 23.5 Å². The van der Waals surface area contributed by atoms with Crippen LogP contribution in [0.5, 0.6) is 0 Å². The van der Waals surface area contributed by atoms with Crippen LogP contribution < -0.4 is 4.90 Å². The van der Waals surface area contributed by atoms with Crippen LogP contribution in [0, 0.1) is 0 Å². The van der Waals surface area contributed by atoms with Crippen LogP contribution >= 0.6 is 0 Å². The molecule has 2 aromatic carbocycles. The molecular weight excluding hydrogens is 246 g/mol. The summed E-state index contributed by atoms with van der Waals surface area (Å²) in [6.45, 7) is 2.97. The van der Waals surface area contributed by atoms with Gasteiger partial charge in [-0.05, 0) is 30.5 Å². The van der Waals surface area contributed by atoms with Crippen LogP contribution in [0.25, 0.3) is 0 Å². The SMILES string of the molecule is CC[C@@]1(O)CCN(c2ccccc2)[C@@H]1c1ccccc1. The van der Waals surface area contributed by atoms with Crippen LogP contribution in [0.2, 0.25) is 0 Å². The molecule has 1 heterocycles. The summed E-state index contributed by atoms with van der Waals surface area (Å²) in [7, 11) is 0. The van der Waals surface area contributed by atoms with E-state index in [0.717, 1.165) is 19.4 Å². The molecule has 1 aliphatic heterocycles. The number of hydrogen-bond donors (Lipinski definition) is 1. The zero-order valence-electron chi connectivity index (χ0n) is 11.9. The minimum atomic E-state index is -0.642. The molecular formula is C18H21NO. The van der Waals surface area contributed by atoms with Gasteiger partial charge in [-0.15, -0.1) is 0 Å². The van der Waals surface area contributed by atoms with E-state index in [1.807, 2.05) is 24.3 Å². The first-order valence-corrected chi connectivity index (χ1v) is 7.33. The normalized spacial score (nSPS) is 25.9. The highest BCUT2D eigenvalue weighted by Crippen LogP contribution is 2.44. The fourth-order valence-corrected chi connectivity index (χ4v) is 3.26. The summed E-state index contributed by atoms with van der Waals surface area (Å²) in [5.41, 5.74) is 1.74. The van der Waals surface area contributed by atoms with Crippen LogP contribution in [0.15, 0.2) is 60.7 Å². The molecule has 1 aliphatic rings. The molecule has 0 spiro atoms. The van der Waals surface area contributed by atoms with Gasteiger partial charge in [0.15, 0.2) is 0 Å². The molecule has 0 aliphatic carbocycles. The Kier molecular flexibility index (Phi) is 3.49. The van der Waals surface area contributed by atoms with Crippen molar-refractivity contribution in [1.82, 2.24) is 0 Å². The van der Waals surface area contributed by atoms with Gasteiger partial charge < -0.3 is 10.0 Å². The minimum Gasteiger partial charge on any atom is -0.387 e. The average Bonchev–Trinajstić information content (AvgIpc) is 2.87. The molecule has 2 aromatic rings. The fraction of sp³-hybridized carbons (Fsp3) is 0.333. The van der Waals surface area contributed by atoms with Gasteiger partial charge in [0.25, 0.3) is 0 Å². The van der Waals surface area contributed by atoms with E-state index in [0.29, 0.717) is 0 Å². The lowest BCUT2D eigenvalue weighted by Crippen LogP contribution is -2.36. The fourth-order valence-electron chi connectivity index (χ4n) is 3.26. The maximum absolute atomic E-state index is 11.0. The Hall–Kier alpha value is -1.80. The van der Waals surface area contributed by atoms with Crippen molar-refractivity contribution >= 4 is 5.69 Å². The van der Waals surface area contributed by atoms with E-state index >= 15 is 0 Å². The second-order valence-corrected chi connectivity index (χ2v) is 5.55. The number of hydrogen-bond acceptors (Lipinski definition) is 2. The highest BCUT2D eigenvalue weighted by Gasteiger charge is 2.45. The first-order chi connectivity index (χ1) is 9.74. The summed E-state index contributed by atoms with van der Waals surface area (Å²) in [4.78, 5) is 2.33. The zero-order chi connectivity index (χ0) is 14.0. The standard InChI is InChI=1S/C18H21NO/c1-2-18(20)13-14-19(16-11-7-4-8-12-16)17(18)15-9-5-3-6-10-15/h3-12,17,20H,2,13-14H2,1H3/t17-,18-/m1/s1. The Balaban J connectivity index is 2.03. The molecule has 104 valence electrons. The van der Waals surface area contributed by atoms with Gasteiger partial charge in [-0.1, -0.05) is 55.5 Å². The average molecular weight is 267 g/mol. The van der Waals surface area contributed by atoms with E-state index in [4.69, 9.17) is 0 Å². The third kappa shape index (κ3) is 2.20. The second kappa shape index (κ2) is 5.29. The van der Waals surface area contributed by atoms with Gasteiger partial charge in [-0.2, -0.15) is 0 Å². The molecule has 20 heavy (non-hydrogen) atoms. The quantitative estimate of drug-likeness (QED) is 0.915. The molecule has 0 aromatic heterocycles. The molecule has 0 radical (unpaired) electrons. The Bertz CT molecular complexity index is 554. The predicted octanol–water partition coefficient (Wildman–Crippen LogP) is 3.78. The maximum Gasteiger partial charge on any atom is 0.0906 e. The summed E-state index contributed by atoms with van der Waals surface area (Å²) < 4.78 is 0. The number of para-hydroxylation sites is 1. The van der Waals surface area contributed by atoms with Gasteiger partial charge in [0.2, 0.25) is 0 Å². The monoisotopic (exact) mass is 267 g/mol. The highest BCUT2D eigenvalue weighted by molar-refractivity contribution is 5.51. The van der Waals surface area contributed by atoms with Crippen LogP contribution in [0.3, 0.4) is 0 Å². The van der Waals surface area contributed by atoms with E-state index in [9.17, 15) is 5.11 Å². The molecule has 0 amide bonds. The van der Waals surface area contributed by atoms with Crippen LogP contribution in [-0.4, -0.2) is 17.3 Å². The van der Waals surface area contributed by atoms with E-state index in [1.165, 1.54) is 11.3 Å². The Morgan fingerprint density at radius 1 is 1.05 bits per heavy atom. The van der Waals surface area contributed by atoms with Gasteiger partial charge in [-0.25, -0.2) is 0 Å². The maximum atomic E-state index is 11.0. The molecule has 2 atom stereocenters. The minimum absolute atomic E-state index is 0.0381. The van der Waals surface area contributed by atoms with E-state index in [-0.39, 0.29) is 6.04 Å². The zero-order valence-corrected chi connectivity index (χ0v) is 11.9. The number of benzene rings is 2. The van der Waals surface area contributed by atoms with Crippen molar-refractivity contribution in [2.75, 3.05) is 11.4 Å². The molecule has 3 rings (SSSR count). The van der Waals surface area contributed by atoms with Crippen molar-refractivity contribution in [2.45, 2.75) is 31.4 Å². The summed E-state index contributed by atoms with van der Waals surface area (Å²) in [6, 6.07) is 20.8. The predicted molar refractivity (Wildman–Crippen MR) is 82.8 cm³/mol. The highest BCUT2D eigenvalue weighted by atomic mass is 16.3. The van der Waals surface area contributed by atoms with Crippen molar-refractivity contribution in [3.8, 4) is 0 Å². The third-order valence-corrected chi connectivity index (χ3v) is 4.42. The number of aliphatic hydroxyl groups is 1. The van der Waals surface area contributed by atoms with Crippen LogP contribution in [0.4, 0.5) is 5.69 Å². The smallest absolute Gasteiger partial charge is 0.0906 e. The van der Waals surface area contributed by atoms with Crippen molar-refractivity contribution in [3.05, 3.63) is 66.2 Å². The van der Waals surface area contributed by atoms with Crippen molar-refractivity contribution in [2.24, 2.45) is 0 Å². The van der Waals surface area contributed by atoms with Gasteiger partial charge in [0.05, 0.1) is 11.6 Å². The Labute approximate surface area is 120 Å². The lowest BCUT2D eigenvalue weighted by Gasteiger charge is -2.35. The van der Waals surface area contributed by atoms with Gasteiger partial charge in [0.1, 0.15) is 0 Å². The van der Waals surface area contributed by atoms with E-state index in [2.05, 4.69) is 48.2 Å². The van der Waals surface area contributed by atoms with Crippen molar-refractivity contribution in [1.29, 1.82) is 0 Å². The molecule has 1 N–H and O–H groups in total. The molecule has 0 bridgehead atoms. The molecule has 1 fully saturated rings. The molecule has 2 nitrogen and oxygen atoms in total. The van der Waals surface area contributed by atoms with Crippen LogP contribution in [-0.2, 0) is 0 Å². The summed E-state index contributed by atoms with van der Waals surface area (Å²) in [5.74, 6) is 0. The van der Waals surface area contributed by atoms with Crippen molar-refractivity contribution < 1.29 is 5.11 Å². The molecule has 0 saturated carbocycles. The number of rotatable bonds is 3. The Morgan fingerprint density at radius 2 is 1.65 bits per heavy atom. The van der Waals surface area contributed by atoms with Gasteiger partial charge >= 0.3 is 0 Å². The second-order valence-electron chi connectivity index (χ2n) is 5.55. The summed E-state index contributed by atoms with van der Waals surface area (Å²) in [6.07, 6.45) is 1.59. The molecule has 2 heteroatoms.